The van der Waals surface area contributed by atoms with Crippen LogP contribution in [0.15, 0.2) is 0 Å². The van der Waals surface area contributed by atoms with Crippen molar-refractivity contribution < 1.29 is 9.84 Å². The number of aliphatic hydroxyl groups is 1. The highest BCUT2D eigenvalue weighted by Gasteiger charge is 2.29. The molecule has 2 atom stereocenters. The van der Waals surface area contributed by atoms with Gasteiger partial charge in [0.25, 0.3) is 0 Å². The molecular weight excluding hydrogens is 152 g/mol. The third kappa shape index (κ3) is 2.20. The molecule has 0 aromatic heterocycles. The lowest BCUT2D eigenvalue weighted by molar-refractivity contribution is -0.0137. The molecule has 12 heavy (non-hydrogen) atoms. The molecule has 1 N–H and O–H groups in total. The first-order valence-corrected chi connectivity index (χ1v) is 5.12. The molecule has 1 heterocycles. The maximum absolute atomic E-state index is 9.80. The van der Waals surface area contributed by atoms with Crippen LogP contribution in [0.4, 0.5) is 0 Å². The normalized spacial score (nSPS) is 33.2. The van der Waals surface area contributed by atoms with Crippen LogP contribution in [0.5, 0.6) is 0 Å². The Balaban J connectivity index is 1.72. The highest BCUT2D eigenvalue weighted by atomic mass is 16.5. The minimum Gasteiger partial charge on any atom is -0.393 e. The van der Waals surface area contributed by atoms with E-state index in [9.17, 15) is 5.11 Å². The lowest BCUT2D eigenvalue weighted by atomic mass is 9.93. The van der Waals surface area contributed by atoms with Crippen molar-refractivity contribution in [3.63, 3.8) is 0 Å². The highest BCUT2D eigenvalue weighted by molar-refractivity contribution is 4.80. The zero-order valence-electron chi connectivity index (χ0n) is 7.54. The van der Waals surface area contributed by atoms with E-state index in [2.05, 4.69) is 0 Å². The molecule has 70 valence electrons. The predicted octanol–water partition coefficient (Wildman–Crippen LogP) is 1.57. The molecule has 2 nitrogen and oxygen atoms in total. The van der Waals surface area contributed by atoms with Gasteiger partial charge in [-0.3, -0.25) is 0 Å². The summed E-state index contributed by atoms with van der Waals surface area (Å²) in [6.45, 7) is 1.68. The molecule has 2 aliphatic rings. The van der Waals surface area contributed by atoms with Crippen LogP contribution in [0.2, 0.25) is 0 Å². The number of hydrogen-bond donors (Lipinski definition) is 1. The van der Waals surface area contributed by atoms with Gasteiger partial charge in [-0.15, -0.1) is 0 Å². The monoisotopic (exact) mass is 170 g/mol. The average Bonchev–Trinajstić information content (AvgIpc) is 2.90. The lowest BCUT2D eigenvalue weighted by Gasteiger charge is -2.26. The second-order valence-electron chi connectivity index (χ2n) is 4.22. The molecule has 2 rings (SSSR count). The smallest absolute Gasteiger partial charge is 0.0593 e. The third-order valence-corrected chi connectivity index (χ3v) is 3.01. The summed E-state index contributed by atoms with van der Waals surface area (Å²) >= 11 is 0. The van der Waals surface area contributed by atoms with Gasteiger partial charge in [0.15, 0.2) is 0 Å². The molecule has 2 fully saturated rings. The van der Waals surface area contributed by atoms with Gasteiger partial charge in [0.2, 0.25) is 0 Å². The first kappa shape index (κ1) is 8.52. The second-order valence-corrected chi connectivity index (χ2v) is 4.22. The van der Waals surface area contributed by atoms with Gasteiger partial charge >= 0.3 is 0 Å². The summed E-state index contributed by atoms with van der Waals surface area (Å²) in [5, 5.41) is 9.80. The molecule has 2 unspecified atom stereocenters. The molecule has 2 heteroatoms. The maximum atomic E-state index is 9.80. The van der Waals surface area contributed by atoms with E-state index in [1.807, 2.05) is 0 Å². The predicted molar refractivity (Wildman–Crippen MR) is 46.9 cm³/mol. The van der Waals surface area contributed by atoms with E-state index in [4.69, 9.17) is 4.74 Å². The quantitative estimate of drug-likeness (QED) is 0.696. The van der Waals surface area contributed by atoms with Gasteiger partial charge in [-0.05, 0) is 25.2 Å². The summed E-state index contributed by atoms with van der Waals surface area (Å²) in [4.78, 5) is 0. The zero-order chi connectivity index (χ0) is 8.39. The Bertz CT molecular complexity index is 137. The summed E-state index contributed by atoms with van der Waals surface area (Å²) in [5.41, 5.74) is 0. The summed E-state index contributed by atoms with van der Waals surface area (Å²) in [6, 6.07) is 0. The fraction of sp³-hybridized carbons (Fsp3) is 1.00. The van der Waals surface area contributed by atoms with Crippen LogP contribution in [-0.2, 0) is 4.74 Å². The standard InChI is InChI=1S/C10H18O2/c11-10(6-8-3-4-8)9-2-1-5-12-7-9/h8-11H,1-7H2. The molecule has 0 bridgehead atoms. The zero-order valence-corrected chi connectivity index (χ0v) is 7.54. The van der Waals surface area contributed by atoms with Crippen LogP contribution in [-0.4, -0.2) is 24.4 Å². The highest BCUT2D eigenvalue weighted by Crippen LogP contribution is 2.35. The van der Waals surface area contributed by atoms with Crippen molar-refractivity contribution in [3.05, 3.63) is 0 Å². The van der Waals surface area contributed by atoms with Crippen molar-refractivity contribution >= 4 is 0 Å². The maximum Gasteiger partial charge on any atom is 0.0593 e. The Morgan fingerprint density at radius 3 is 2.75 bits per heavy atom. The van der Waals surface area contributed by atoms with Crippen molar-refractivity contribution in [1.29, 1.82) is 0 Å². The van der Waals surface area contributed by atoms with E-state index < -0.39 is 0 Å². The Morgan fingerprint density at radius 1 is 1.33 bits per heavy atom. The Labute approximate surface area is 73.9 Å². The van der Waals surface area contributed by atoms with E-state index in [-0.39, 0.29) is 6.10 Å². The molecule has 0 aromatic rings. The number of aliphatic hydroxyl groups excluding tert-OH is 1. The fourth-order valence-corrected chi connectivity index (χ4v) is 1.96. The van der Waals surface area contributed by atoms with Gasteiger partial charge < -0.3 is 9.84 Å². The molecule has 1 aliphatic carbocycles. The van der Waals surface area contributed by atoms with Crippen LogP contribution in [0.25, 0.3) is 0 Å². The van der Waals surface area contributed by atoms with Gasteiger partial charge in [-0.1, -0.05) is 12.8 Å². The van der Waals surface area contributed by atoms with Gasteiger partial charge in [-0.2, -0.15) is 0 Å². The van der Waals surface area contributed by atoms with Crippen LogP contribution < -0.4 is 0 Å². The van der Waals surface area contributed by atoms with Gasteiger partial charge in [0.1, 0.15) is 0 Å². The Hall–Kier alpha value is -0.0800. The number of rotatable bonds is 3. The first-order chi connectivity index (χ1) is 5.86. The van der Waals surface area contributed by atoms with E-state index in [0.717, 1.165) is 38.4 Å². The molecule has 0 radical (unpaired) electrons. The minimum atomic E-state index is -0.0854. The Kier molecular flexibility index (Phi) is 2.66. The van der Waals surface area contributed by atoms with Gasteiger partial charge in [-0.25, -0.2) is 0 Å². The van der Waals surface area contributed by atoms with Crippen molar-refractivity contribution in [2.75, 3.05) is 13.2 Å². The summed E-state index contributed by atoms with van der Waals surface area (Å²) in [7, 11) is 0. The van der Waals surface area contributed by atoms with Gasteiger partial charge in [0, 0.05) is 12.5 Å². The summed E-state index contributed by atoms with van der Waals surface area (Å²) < 4.78 is 5.35. The van der Waals surface area contributed by atoms with E-state index in [1.165, 1.54) is 12.8 Å². The van der Waals surface area contributed by atoms with E-state index >= 15 is 0 Å². The molecular formula is C10H18O2. The molecule has 0 spiro atoms. The molecule has 1 saturated carbocycles. The van der Waals surface area contributed by atoms with E-state index in [0.29, 0.717) is 5.92 Å². The minimum absolute atomic E-state index is 0.0854. The van der Waals surface area contributed by atoms with Crippen LogP contribution >= 0.6 is 0 Å². The SMILES string of the molecule is OC(CC1CC1)C1CCCOC1. The molecule has 0 aromatic carbocycles. The van der Waals surface area contributed by atoms with Crippen molar-refractivity contribution in [2.45, 2.75) is 38.2 Å². The molecule has 0 amide bonds. The van der Waals surface area contributed by atoms with Crippen LogP contribution in [0.1, 0.15) is 32.1 Å². The largest absolute Gasteiger partial charge is 0.393 e. The second kappa shape index (κ2) is 3.75. The fourth-order valence-electron chi connectivity index (χ4n) is 1.96. The van der Waals surface area contributed by atoms with Crippen LogP contribution in [0.3, 0.4) is 0 Å². The van der Waals surface area contributed by atoms with Crippen molar-refractivity contribution in [1.82, 2.24) is 0 Å². The topological polar surface area (TPSA) is 29.5 Å². The van der Waals surface area contributed by atoms with Crippen molar-refractivity contribution in [2.24, 2.45) is 11.8 Å². The number of hydrogen-bond acceptors (Lipinski definition) is 2. The van der Waals surface area contributed by atoms with E-state index in [1.54, 1.807) is 0 Å². The average molecular weight is 170 g/mol. The van der Waals surface area contributed by atoms with Crippen molar-refractivity contribution in [3.8, 4) is 0 Å². The number of ether oxygens (including phenoxy) is 1. The molecule has 1 saturated heterocycles. The van der Waals surface area contributed by atoms with Crippen LogP contribution in [0, 0.1) is 11.8 Å². The van der Waals surface area contributed by atoms with Gasteiger partial charge in [0.05, 0.1) is 12.7 Å². The summed E-state index contributed by atoms with van der Waals surface area (Å²) in [5.74, 6) is 1.27. The summed E-state index contributed by atoms with van der Waals surface area (Å²) in [6.07, 6.45) is 5.90. The molecule has 1 aliphatic heterocycles. The lowest BCUT2D eigenvalue weighted by Crippen LogP contribution is -2.29. The Morgan fingerprint density at radius 2 is 2.17 bits per heavy atom. The first-order valence-electron chi connectivity index (χ1n) is 5.12. The third-order valence-electron chi connectivity index (χ3n) is 3.01.